The van der Waals surface area contributed by atoms with E-state index in [0.717, 1.165) is 67.8 Å². The molecule has 2 amide bonds. The van der Waals surface area contributed by atoms with Crippen LogP contribution in [-0.2, 0) is 4.79 Å². The third kappa shape index (κ3) is 4.63. The van der Waals surface area contributed by atoms with E-state index in [-0.39, 0.29) is 29.6 Å². The van der Waals surface area contributed by atoms with E-state index >= 15 is 0 Å². The van der Waals surface area contributed by atoms with Gasteiger partial charge in [0.1, 0.15) is 11.8 Å². The number of aromatic hydroxyl groups is 1. The second-order valence-corrected chi connectivity index (χ2v) is 9.55. The van der Waals surface area contributed by atoms with Crippen LogP contribution in [0, 0.1) is 0 Å². The number of phenolic OH excluding ortho intramolecular Hbond substituents is 1. The number of hydrogen-bond acceptors (Lipinski definition) is 4. The van der Waals surface area contributed by atoms with Crippen molar-refractivity contribution in [1.29, 1.82) is 0 Å². The highest BCUT2D eigenvalue weighted by Gasteiger charge is 2.39. The summed E-state index contributed by atoms with van der Waals surface area (Å²) in [5, 5.41) is 13.9. The SMILES string of the molecule is O=C(NC1CCCC1)C(c1ccc2ncccc2c1)N(C(=O)c1ccc(O)cc1)C1CCCC1. The minimum Gasteiger partial charge on any atom is -0.508 e. The van der Waals surface area contributed by atoms with Crippen molar-refractivity contribution in [2.24, 2.45) is 0 Å². The minimum absolute atomic E-state index is 0.00905. The van der Waals surface area contributed by atoms with Gasteiger partial charge in [0.15, 0.2) is 0 Å². The first kappa shape index (κ1) is 22.4. The van der Waals surface area contributed by atoms with Gasteiger partial charge in [0.05, 0.1) is 5.52 Å². The van der Waals surface area contributed by atoms with Gasteiger partial charge in [0, 0.05) is 29.2 Å². The summed E-state index contributed by atoms with van der Waals surface area (Å²) in [4.78, 5) is 34.0. The molecule has 2 saturated carbocycles. The van der Waals surface area contributed by atoms with Crippen LogP contribution in [0.25, 0.3) is 10.9 Å². The smallest absolute Gasteiger partial charge is 0.255 e. The summed E-state index contributed by atoms with van der Waals surface area (Å²) in [7, 11) is 0. The summed E-state index contributed by atoms with van der Waals surface area (Å²) in [6.45, 7) is 0. The fourth-order valence-electron chi connectivity index (χ4n) is 5.48. The van der Waals surface area contributed by atoms with Crippen molar-refractivity contribution in [2.75, 3.05) is 0 Å². The quantitative estimate of drug-likeness (QED) is 0.538. The van der Waals surface area contributed by atoms with Crippen molar-refractivity contribution in [1.82, 2.24) is 15.2 Å². The van der Waals surface area contributed by atoms with Gasteiger partial charge in [-0.2, -0.15) is 0 Å². The molecule has 1 heterocycles. The molecule has 2 aliphatic rings. The molecule has 176 valence electrons. The lowest BCUT2D eigenvalue weighted by Gasteiger charge is -2.37. The van der Waals surface area contributed by atoms with Crippen molar-refractivity contribution in [2.45, 2.75) is 69.5 Å². The number of nitrogens with one attached hydrogen (secondary N) is 1. The number of fused-ring (bicyclic) bond motifs is 1. The van der Waals surface area contributed by atoms with Gasteiger partial charge in [-0.1, -0.05) is 37.8 Å². The average molecular weight is 458 g/mol. The predicted molar refractivity (Wildman–Crippen MR) is 131 cm³/mol. The maximum absolute atomic E-state index is 13.9. The first-order chi connectivity index (χ1) is 16.6. The lowest BCUT2D eigenvalue weighted by molar-refractivity contribution is -0.127. The first-order valence-corrected chi connectivity index (χ1v) is 12.4. The molecule has 2 fully saturated rings. The Morgan fingerprint density at radius 2 is 1.65 bits per heavy atom. The first-order valence-electron chi connectivity index (χ1n) is 12.4. The van der Waals surface area contributed by atoms with E-state index < -0.39 is 6.04 Å². The van der Waals surface area contributed by atoms with E-state index in [4.69, 9.17) is 0 Å². The molecule has 6 heteroatoms. The molecule has 0 saturated heterocycles. The second-order valence-electron chi connectivity index (χ2n) is 9.55. The maximum Gasteiger partial charge on any atom is 0.255 e. The topological polar surface area (TPSA) is 82.5 Å². The number of carbonyl (C=O) groups is 2. The van der Waals surface area contributed by atoms with Crippen LogP contribution in [0.15, 0.2) is 60.8 Å². The van der Waals surface area contributed by atoms with Crippen molar-refractivity contribution in [3.63, 3.8) is 0 Å². The van der Waals surface area contributed by atoms with Crippen LogP contribution in [0.3, 0.4) is 0 Å². The van der Waals surface area contributed by atoms with Crippen molar-refractivity contribution in [3.05, 3.63) is 71.9 Å². The molecule has 0 bridgehead atoms. The molecule has 1 aromatic heterocycles. The Bertz CT molecular complexity index is 1160. The van der Waals surface area contributed by atoms with E-state index in [1.807, 2.05) is 30.3 Å². The summed E-state index contributed by atoms with van der Waals surface area (Å²) >= 11 is 0. The highest BCUT2D eigenvalue weighted by atomic mass is 16.3. The van der Waals surface area contributed by atoms with Crippen LogP contribution < -0.4 is 5.32 Å². The normalized spacial score (nSPS) is 17.6. The molecule has 3 aromatic rings. The van der Waals surface area contributed by atoms with E-state index in [1.54, 1.807) is 23.2 Å². The third-order valence-electron chi connectivity index (χ3n) is 7.24. The van der Waals surface area contributed by atoms with E-state index in [1.165, 1.54) is 12.1 Å². The molecule has 2 aromatic carbocycles. The van der Waals surface area contributed by atoms with E-state index in [0.29, 0.717) is 5.56 Å². The van der Waals surface area contributed by atoms with Crippen LogP contribution in [-0.4, -0.2) is 38.9 Å². The van der Waals surface area contributed by atoms with Crippen LogP contribution in [0.4, 0.5) is 0 Å². The van der Waals surface area contributed by atoms with Crippen LogP contribution in [0.1, 0.15) is 73.3 Å². The molecule has 2 aliphatic carbocycles. The number of aromatic nitrogens is 1. The van der Waals surface area contributed by atoms with Crippen molar-refractivity contribution < 1.29 is 14.7 Å². The second kappa shape index (κ2) is 9.84. The summed E-state index contributed by atoms with van der Waals surface area (Å²) in [5.74, 6) is -0.180. The Labute approximate surface area is 200 Å². The fourth-order valence-corrected chi connectivity index (χ4v) is 5.48. The highest BCUT2D eigenvalue weighted by Crippen LogP contribution is 2.35. The Morgan fingerprint density at radius 1 is 0.941 bits per heavy atom. The Morgan fingerprint density at radius 3 is 2.38 bits per heavy atom. The van der Waals surface area contributed by atoms with Gasteiger partial charge in [-0.3, -0.25) is 14.6 Å². The molecular formula is C28H31N3O3. The summed E-state index contributed by atoms with van der Waals surface area (Å²) < 4.78 is 0. The highest BCUT2D eigenvalue weighted by molar-refractivity contribution is 5.98. The van der Waals surface area contributed by atoms with E-state index in [2.05, 4.69) is 10.3 Å². The van der Waals surface area contributed by atoms with Gasteiger partial charge < -0.3 is 15.3 Å². The zero-order valence-electron chi connectivity index (χ0n) is 19.3. The van der Waals surface area contributed by atoms with Crippen LogP contribution in [0.2, 0.25) is 0 Å². The zero-order chi connectivity index (χ0) is 23.5. The number of nitrogens with zero attached hydrogens (tertiary/aromatic N) is 2. The van der Waals surface area contributed by atoms with Crippen LogP contribution in [0.5, 0.6) is 5.75 Å². The summed E-state index contributed by atoms with van der Waals surface area (Å²) in [6.07, 6.45) is 9.81. The third-order valence-corrected chi connectivity index (χ3v) is 7.24. The number of rotatable bonds is 6. The molecule has 0 aliphatic heterocycles. The number of hydrogen-bond donors (Lipinski definition) is 2. The summed E-state index contributed by atoms with van der Waals surface area (Å²) in [5.41, 5.74) is 2.14. The number of pyridine rings is 1. The minimum atomic E-state index is -0.727. The molecule has 5 rings (SSSR count). The van der Waals surface area contributed by atoms with Gasteiger partial charge in [0.2, 0.25) is 5.91 Å². The van der Waals surface area contributed by atoms with Crippen molar-refractivity contribution in [3.8, 4) is 5.75 Å². The van der Waals surface area contributed by atoms with Crippen LogP contribution >= 0.6 is 0 Å². The summed E-state index contributed by atoms with van der Waals surface area (Å²) in [6, 6.07) is 15.5. The van der Waals surface area contributed by atoms with Gasteiger partial charge in [0.25, 0.3) is 5.91 Å². The predicted octanol–water partition coefficient (Wildman–Crippen LogP) is 5.13. The molecule has 2 N–H and O–H groups in total. The number of carbonyl (C=O) groups excluding carboxylic acids is 2. The zero-order valence-corrected chi connectivity index (χ0v) is 19.3. The Kier molecular flexibility index (Phi) is 6.48. The van der Waals surface area contributed by atoms with Gasteiger partial charge >= 0.3 is 0 Å². The molecule has 0 radical (unpaired) electrons. The molecular weight excluding hydrogens is 426 g/mol. The largest absolute Gasteiger partial charge is 0.508 e. The molecule has 6 nitrogen and oxygen atoms in total. The number of benzene rings is 2. The van der Waals surface area contributed by atoms with Crippen molar-refractivity contribution >= 4 is 22.7 Å². The van der Waals surface area contributed by atoms with E-state index in [9.17, 15) is 14.7 Å². The van der Waals surface area contributed by atoms with Gasteiger partial charge in [-0.25, -0.2) is 0 Å². The fraction of sp³-hybridized carbons (Fsp3) is 0.393. The lowest BCUT2D eigenvalue weighted by atomic mass is 9.97. The van der Waals surface area contributed by atoms with Gasteiger partial charge in [-0.15, -0.1) is 0 Å². The Balaban J connectivity index is 1.58. The Hall–Kier alpha value is -3.41. The molecule has 1 unspecified atom stereocenters. The molecule has 0 spiro atoms. The molecule has 34 heavy (non-hydrogen) atoms. The number of amides is 2. The number of phenols is 1. The lowest BCUT2D eigenvalue weighted by Crippen LogP contribution is -2.49. The standard InChI is InChI=1S/C28H31N3O3/c32-24-14-11-19(12-15-24)28(34)31(23-9-3-4-10-23)26(27(33)30-22-7-1-2-8-22)21-13-16-25-20(18-21)6-5-17-29-25/h5-6,11-18,22-23,26,32H,1-4,7-10H2,(H,30,33). The molecule has 1 atom stereocenters. The van der Waals surface area contributed by atoms with Gasteiger partial charge in [-0.05, 0) is 73.7 Å². The monoisotopic (exact) mass is 457 g/mol. The maximum atomic E-state index is 13.9. The average Bonchev–Trinajstić information content (AvgIpc) is 3.57.